The Morgan fingerprint density at radius 3 is 2.56 bits per heavy atom. The van der Waals surface area contributed by atoms with Crippen LogP contribution in [0.15, 0.2) is 65.3 Å². The molecule has 3 aromatic rings. The Morgan fingerprint density at radius 2 is 1.85 bits per heavy atom. The number of alkyl halides is 2. The fraction of sp³-hybridized carbons (Fsp3) is 0.200. The number of halogens is 2. The highest BCUT2D eigenvalue weighted by Gasteiger charge is 2.10. The Labute approximate surface area is 155 Å². The van der Waals surface area contributed by atoms with E-state index in [0.29, 0.717) is 24.6 Å². The van der Waals surface area contributed by atoms with Gasteiger partial charge in [0.1, 0.15) is 12.0 Å². The number of aromatic nitrogens is 1. The molecule has 0 saturated carbocycles. The molecule has 0 radical (unpaired) electrons. The zero-order valence-electron chi connectivity index (χ0n) is 14.4. The molecule has 0 unspecified atom stereocenters. The summed E-state index contributed by atoms with van der Waals surface area (Å²) in [6.07, 6.45) is 2.18. The lowest BCUT2D eigenvalue weighted by atomic mass is 10.1. The third-order valence-corrected chi connectivity index (χ3v) is 3.80. The number of rotatable bonds is 8. The molecule has 0 atom stereocenters. The molecule has 5 nitrogen and oxygen atoms in total. The third kappa shape index (κ3) is 5.64. The minimum Gasteiger partial charge on any atom is -0.444 e. The monoisotopic (exact) mass is 372 g/mol. The van der Waals surface area contributed by atoms with Crippen molar-refractivity contribution in [3.63, 3.8) is 0 Å². The molecule has 0 aliphatic rings. The molecule has 2 aromatic carbocycles. The van der Waals surface area contributed by atoms with Gasteiger partial charge in [-0.3, -0.25) is 4.79 Å². The van der Waals surface area contributed by atoms with Crippen LogP contribution in [0.25, 0.3) is 11.5 Å². The van der Waals surface area contributed by atoms with Crippen LogP contribution in [0.1, 0.15) is 11.3 Å². The quantitative estimate of drug-likeness (QED) is 0.652. The summed E-state index contributed by atoms with van der Waals surface area (Å²) >= 11 is 0. The number of oxazole rings is 1. The van der Waals surface area contributed by atoms with E-state index in [0.717, 1.165) is 11.1 Å². The van der Waals surface area contributed by atoms with Crippen LogP contribution in [-0.4, -0.2) is 24.0 Å². The number of carbonyl (C=O) groups excluding carboxylic acids is 1. The predicted octanol–water partition coefficient (Wildman–Crippen LogP) is 3.84. The molecular weight excluding hydrogens is 354 g/mol. The summed E-state index contributed by atoms with van der Waals surface area (Å²) in [5.41, 5.74) is 2.31. The van der Waals surface area contributed by atoms with E-state index in [9.17, 15) is 13.6 Å². The molecule has 0 aliphatic carbocycles. The zero-order chi connectivity index (χ0) is 19.1. The first-order chi connectivity index (χ1) is 13.1. The maximum Gasteiger partial charge on any atom is 0.387 e. The van der Waals surface area contributed by atoms with E-state index >= 15 is 0 Å². The second-order valence-corrected chi connectivity index (χ2v) is 5.81. The highest BCUT2D eigenvalue weighted by molar-refractivity contribution is 5.78. The summed E-state index contributed by atoms with van der Waals surface area (Å²) in [5, 5.41) is 2.80. The van der Waals surface area contributed by atoms with Crippen molar-refractivity contribution in [1.82, 2.24) is 10.3 Å². The first-order valence-electron chi connectivity index (χ1n) is 8.40. The van der Waals surface area contributed by atoms with Crippen molar-refractivity contribution in [1.29, 1.82) is 0 Å². The van der Waals surface area contributed by atoms with Gasteiger partial charge in [-0.25, -0.2) is 4.98 Å². The molecule has 0 spiro atoms. The van der Waals surface area contributed by atoms with Gasteiger partial charge in [0.25, 0.3) is 0 Å². The molecule has 0 aliphatic heterocycles. The maximum absolute atomic E-state index is 12.1. The molecule has 1 heterocycles. The van der Waals surface area contributed by atoms with Crippen LogP contribution in [0.3, 0.4) is 0 Å². The maximum atomic E-state index is 12.1. The minimum atomic E-state index is -2.84. The summed E-state index contributed by atoms with van der Waals surface area (Å²) in [4.78, 5) is 16.3. The van der Waals surface area contributed by atoms with Crippen LogP contribution < -0.4 is 10.1 Å². The molecule has 1 N–H and O–H groups in total. The largest absolute Gasteiger partial charge is 0.444 e. The molecule has 0 fully saturated rings. The van der Waals surface area contributed by atoms with Gasteiger partial charge in [0.15, 0.2) is 0 Å². The van der Waals surface area contributed by atoms with Crippen LogP contribution in [0.4, 0.5) is 8.78 Å². The van der Waals surface area contributed by atoms with E-state index in [1.54, 1.807) is 12.1 Å². The van der Waals surface area contributed by atoms with Crippen molar-refractivity contribution in [2.24, 2.45) is 0 Å². The van der Waals surface area contributed by atoms with Crippen molar-refractivity contribution >= 4 is 5.91 Å². The fourth-order valence-electron chi connectivity index (χ4n) is 2.51. The zero-order valence-corrected chi connectivity index (χ0v) is 14.4. The third-order valence-electron chi connectivity index (χ3n) is 3.80. The number of amides is 1. The Hall–Kier alpha value is -3.22. The molecule has 140 valence electrons. The molecular formula is C20H18F2N2O3. The van der Waals surface area contributed by atoms with Gasteiger partial charge in [-0.2, -0.15) is 8.78 Å². The fourth-order valence-corrected chi connectivity index (χ4v) is 2.51. The van der Waals surface area contributed by atoms with E-state index in [1.807, 2.05) is 30.3 Å². The summed E-state index contributed by atoms with van der Waals surface area (Å²) < 4.78 is 33.9. The van der Waals surface area contributed by atoms with Crippen LogP contribution >= 0.6 is 0 Å². The summed E-state index contributed by atoms with van der Waals surface area (Å²) in [7, 11) is 0. The number of nitrogens with zero attached hydrogens (tertiary/aromatic N) is 1. The van der Waals surface area contributed by atoms with Gasteiger partial charge in [-0.1, -0.05) is 30.3 Å². The molecule has 1 amide bonds. The van der Waals surface area contributed by atoms with Crippen LogP contribution in [-0.2, 0) is 17.6 Å². The number of hydrogen-bond acceptors (Lipinski definition) is 4. The summed E-state index contributed by atoms with van der Waals surface area (Å²) in [6.45, 7) is -2.41. The molecule has 27 heavy (non-hydrogen) atoms. The van der Waals surface area contributed by atoms with Gasteiger partial charge in [0.2, 0.25) is 11.8 Å². The summed E-state index contributed by atoms with van der Waals surface area (Å²) in [5.74, 6) is 0.420. The molecule has 0 bridgehead atoms. The average molecular weight is 372 g/mol. The van der Waals surface area contributed by atoms with E-state index in [4.69, 9.17) is 4.42 Å². The van der Waals surface area contributed by atoms with Crippen molar-refractivity contribution in [2.45, 2.75) is 19.5 Å². The van der Waals surface area contributed by atoms with Crippen molar-refractivity contribution in [2.75, 3.05) is 6.54 Å². The first-order valence-corrected chi connectivity index (χ1v) is 8.40. The number of benzene rings is 2. The minimum absolute atomic E-state index is 0.109. The standard InChI is InChI=1S/C20H18F2N2O3/c21-20(22)27-17-8-6-14(7-9-17)10-11-23-18(25)12-16-13-26-19(24-16)15-4-2-1-3-5-15/h1-9,13,20H,10-12H2,(H,23,25). The van der Waals surface area contributed by atoms with Gasteiger partial charge in [-0.05, 0) is 36.2 Å². The molecule has 7 heteroatoms. The van der Waals surface area contributed by atoms with Crippen molar-refractivity contribution < 1.29 is 22.7 Å². The van der Waals surface area contributed by atoms with Crippen LogP contribution in [0.2, 0.25) is 0 Å². The SMILES string of the molecule is O=C(Cc1coc(-c2ccccc2)n1)NCCc1ccc(OC(F)F)cc1. The lowest BCUT2D eigenvalue weighted by molar-refractivity contribution is -0.120. The number of ether oxygens (including phenoxy) is 1. The van der Waals surface area contributed by atoms with Gasteiger partial charge >= 0.3 is 6.61 Å². The summed E-state index contributed by atoms with van der Waals surface area (Å²) in [6, 6.07) is 15.8. The van der Waals surface area contributed by atoms with Gasteiger partial charge in [0.05, 0.1) is 12.1 Å². The van der Waals surface area contributed by atoms with Crippen molar-refractivity contribution in [3.05, 3.63) is 72.1 Å². The average Bonchev–Trinajstić information content (AvgIpc) is 3.12. The van der Waals surface area contributed by atoms with Crippen LogP contribution in [0.5, 0.6) is 5.75 Å². The topological polar surface area (TPSA) is 64.4 Å². The lowest BCUT2D eigenvalue weighted by Gasteiger charge is -2.07. The lowest BCUT2D eigenvalue weighted by Crippen LogP contribution is -2.27. The highest BCUT2D eigenvalue weighted by Crippen LogP contribution is 2.18. The Kier molecular flexibility index (Phi) is 6.14. The second kappa shape index (κ2) is 8.93. The van der Waals surface area contributed by atoms with Gasteiger partial charge in [-0.15, -0.1) is 0 Å². The molecule has 0 saturated heterocycles. The van der Waals surface area contributed by atoms with Crippen LogP contribution in [0, 0.1) is 0 Å². The smallest absolute Gasteiger partial charge is 0.387 e. The van der Waals surface area contributed by atoms with E-state index < -0.39 is 6.61 Å². The van der Waals surface area contributed by atoms with Gasteiger partial charge < -0.3 is 14.5 Å². The Morgan fingerprint density at radius 1 is 1.11 bits per heavy atom. The normalized spacial score (nSPS) is 10.8. The van der Waals surface area contributed by atoms with Gasteiger partial charge in [0, 0.05) is 12.1 Å². The Balaban J connectivity index is 1.44. The van der Waals surface area contributed by atoms with E-state index in [-0.39, 0.29) is 18.1 Å². The molecule has 3 rings (SSSR count). The Bertz CT molecular complexity index is 864. The highest BCUT2D eigenvalue weighted by atomic mass is 19.3. The number of nitrogens with one attached hydrogen (secondary N) is 1. The van der Waals surface area contributed by atoms with E-state index in [2.05, 4.69) is 15.0 Å². The number of carbonyl (C=O) groups is 1. The first kappa shape index (κ1) is 18.6. The predicted molar refractivity (Wildman–Crippen MR) is 95.4 cm³/mol. The van der Waals surface area contributed by atoms with Crippen molar-refractivity contribution in [3.8, 4) is 17.2 Å². The molecule has 1 aromatic heterocycles. The van der Waals surface area contributed by atoms with E-state index in [1.165, 1.54) is 18.4 Å². The second-order valence-electron chi connectivity index (χ2n) is 5.81. The number of hydrogen-bond donors (Lipinski definition) is 1.